The monoisotopic (exact) mass is 200 g/mol. The van der Waals surface area contributed by atoms with Gasteiger partial charge in [0.1, 0.15) is 0 Å². The van der Waals surface area contributed by atoms with Gasteiger partial charge in [0.2, 0.25) is 5.91 Å². The molecular formula is C9H16N2O3. The van der Waals surface area contributed by atoms with E-state index in [4.69, 9.17) is 5.11 Å². The Labute approximate surface area is 83.1 Å². The van der Waals surface area contributed by atoms with E-state index in [1.54, 1.807) is 7.05 Å². The van der Waals surface area contributed by atoms with Crippen molar-refractivity contribution in [1.82, 2.24) is 10.2 Å². The molecule has 14 heavy (non-hydrogen) atoms. The summed E-state index contributed by atoms with van der Waals surface area (Å²) < 4.78 is 0. The third kappa shape index (κ3) is 2.99. The molecule has 1 rings (SSSR count). The number of likely N-dealkylation sites (N-methyl/N-ethyl adjacent to an activating group) is 1. The third-order valence-corrected chi connectivity index (χ3v) is 2.40. The minimum absolute atomic E-state index is 0.00347. The largest absolute Gasteiger partial charge is 0.481 e. The van der Waals surface area contributed by atoms with E-state index in [1.807, 2.05) is 0 Å². The Kier molecular flexibility index (Phi) is 3.88. The molecule has 0 aromatic carbocycles. The second-order valence-corrected chi connectivity index (χ2v) is 3.55. The molecule has 1 atom stereocenters. The molecule has 1 aliphatic rings. The number of nitrogens with one attached hydrogen (secondary N) is 1. The van der Waals surface area contributed by atoms with Crippen molar-refractivity contribution in [3.05, 3.63) is 0 Å². The van der Waals surface area contributed by atoms with E-state index in [0.29, 0.717) is 0 Å². The zero-order valence-electron chi connectivity index (χ0n) is 8.32. The average Bonchev–Trinajstić information content (AvgIpc) is 2.65. The molecule has 0 bridgehead atoms. The van der Waals surface area contributed by atoms with Gasteiger partial charge < -0.3 is 15.3 Å². The molecule has 5 heteroatoms. The van der Waals surface area contributed by atoms with Gasteiger partial charge in [0.15, 0.2) is 0 Å². The lowest BCUT2D eigenvalue weighted by Gasteiger charge is -2.20. The Morgan fingerprint density at radius 3 is 2.79 bits per heavy atom. The summed E-state index contributed by atoms with van der Waals surface area (Å²) in [5, 5.41) is 11.5. The first-order valence-corrected chi connectivity index (χ1v) is 4.81. The van der Waals surface area contributed by atoms with Gasteiger partial charge >= 0.3 is 5.97 Å². The molecule has 0 radical (unpaired) electrons. The number of carbonyl (C=O) groups excluding carboxylic acids is 1. The van der Waals surface area contributed by atoms with E-state index >= 15 is 0 Å². The molecule has 1 heterocycles. The van der Waals surface area contributed by atoms with Crippen molar-refractivity contribution in [2.24, 2.45) is 0 Å². The number of carbonyl (C=O) groups is 2. The maximum atomic E-state index is 11.6. The van der Waals surface area contributed by atoms with Crippen LogP contribution < -0.4 is 5.32 Å². The Morgan fingerprint density at radius 1 is 1.57 bits per heavy atom. The molecule has 0 spiro atoms. The van der Waals surface area contributed by atoms with Crippen molar-refractivity contribution < 1.29 is 14.7 Å². The fraction of sp³-hybridized carbons (Fsp3) is 0.778. The highest BCUT2D eigenvalue weighted by Crippen LogP contribution is 2.07. The molecule has 5 nitrogen and oxygen atoms in total. The minimum atomic E-state index is -0.871. The van der Waals surface area contributed by atoms with E-state index < -0.39 is 5.97 Å². The van der Waals surface area contributed by atoms with Crippen LogP contribution in [-0.2, 0) is 9.59 Å². The van der Waals surface area contributed by atoms with Crippen molar-refractivity contribution in [1.29, 1.82) is 0 Å². The summed E-state index contributed by atoms with van der Waals surface area (Å²) in [7, 11) is 1.64. The van der Waals surface area contributed by atoms with Crippen molar-refractivity contribution in [2.75, 3.05) is 20.1 Å². The van der Waals surface area contributed by atoms with Gasteiger partial charge in [-0.15, -0.1) is 0 Å². The van der Waals surface area contributed by atoms with Gasteiger partial charge in [0.25, 0.3) is 0 Å². The van der Waals surface area contributed by atoms with Gasteiger partial charge in [0.05, 0.1) is 12.5 Å². The number of nitrogens with zero attached hydrogens (tertiary/aromatic N) is 1. The lowest BCUT2D eigenvalue weighted by Crippen LogP contribution is -2.42. The van der Waals surface area contributed by atoms with Crippen LogP contribution in [0.15, 0.2) is 0 Å². The second-order valence-electron chi connectivity index (χ2n) is 3.55. The van der Waals surface area contributed by atoms with Crippen molar-refractivity contribution in [3.63, 3.8) is 0 Å². The Hall–Kier alpha value is -1.10. The van der Waals surface area contributed by atoms with E-state index in [2.05, 4.69) is 5.32 Å². The fourth-order valence-corrected chi connectivity index (χ4v) is 1.53. The molecular weight excluding hydrogens is 184 g/mol. The van der Waals surface area contributed by atoms with E-state index in [9.17, 15) is 9.59 Å². The number of hydrogen-bond donors (Lipinski definition) is 2. The summed E-state index contributed by atoms with van der Waals surface area (Å²) in [4.78, 5) is 23.4. The van der Waals surface area contributed by atoms with Crippen LogP contribution in [-0.4, -0.2) is 48.1 Å². The second kappa shape index (κ2) is 4.95. The maximum Gasteiger partial charge on any atom is 0.305 e. The highest BCUT2D eigenvalue weighted by Gasteiger charge is 2.24. The van der Waals surface area contributed by atoms with Crippen LogP contribution in [0.4, 0.5) is 0 Å². The van der Waals surface area contributed by atoms with Gasteiger partial charge in [-0.25, -0.2) is 0 Å². The van der Waals surface area contributed by atoms with Gasteiger partial charge in [-0.1, -0.05) is 0 Å². The summed E-state index contributed by atoms with van der Waals surface area (Å²) in [6.45, 7) is 1.16. The minimum Gasteiger partial charge on any atom is -0.481 e. The van der Waals surface area contributed by atoms with Crippen LogP contribution >= 0.6 is 0 Å². The SMILES string of the molecule is CN(CCC(=O)O)C(=O)[C@@H]1CCCN1. The zero-order valence-corrected chi connectivity index (χ0v) is 8.32. The van der Waals surface area contributed by atoms with Gasteiger partial charge in [-0.3, -0.25) is 9.59 Å². The standard InChI is InChI=1S/C9H16N2O3/c1-11(6-4-8(12)13)9(14)7-3-2-5-10-7/h7,10H,2-6H2,1H3,(H,12,13)/t7-/m0/s1. The molecule has 0 aromatic heterocycles. The van der Waals surface area contributed by atoms with Crippen LogP contribution in [0.5, 0.6) is 0 Å². The molecule has 1 saturated heterocycles. The Balaban J connectivity index is 2.31. The number of aliphatic carboxylic acids is 1. The van der Waals surface area contributed by atoms with E-state index in [1.165, 1.54) is 4.90 Å². The smallest absolute Gasteiger partial charge is 0.305 e. The highest BCUT2D eigenvalue weighted by atomic mass is 16.4. The predicted octanol–water partition coefficient (Wildman–Crippen LogP) is -0.328. The number of amides is 1. The topological polar surface area (TPSA) is 69.6 Å². The van der Waals surface area contributed by atoms with Gasteiger partial charge in [0, 0.05) is 13.6 Å². The van der Waals surface area contributed by atoms with Crippen molar-refractivity contribution in [3.8, 4) is 0 Å². The quantitative estimate of drug-likeness (QED) is 0.652. The Bertz CT molecular complexity index is 224. The molecule has 80 valence electrons. The molecule has 2 N–H and O–H groups in total. The molecule has 0 unspecified atom stereocenters. The summed E-state index contributed by atoms with van der Waals surface area (Å²) in [5.41, 5.74) is 0. The molecule has 0 aromatic rings. The number of carboxylic acid groups (broad SMARTS) is 1. The maximum absolute atomic E-state index is 11.6. The van der Waals surface area contributed by atoms with Crippen molar-refractivity contribution >= 4 is 11.9 Å². The first kappa shape index (κ1) is 11.0. The first-order valence-electron chi connectivity index (χ1n) is 4.81. The van der Waals surface area contributed by atoms with Crippen LogP contribution in [0.3, 0.4) is 0 Å². The summed E-state index contributed by atoms with van der Waals surface area (Å²) >= 11 is 0. The lowest BCUT2D eigenvalue weighted by molar-refractivity contribution is -0.138. The Morgan fingerprint density at radius 2 is 2.29 bits per heavy atom. The van der Waals surface area contributed by atoms with E-state index in [-0.39, 0.29) is 24.9 Å². The number of hydrogen-bond acceptors (Lipinski definition) is 3. The van der Waals surface area contributed by atoms with Gasteiger partial charge in [-0.05, 0) is 19.4 Å². The number of rotatable bonds is 4. The molecule has 0 saturated carbocycles. The van der Waals surface area contributed by atoms with Gasteiger partial charge in [-0.2, -0.15) is 0 Å². The predicted molar refractivity (Wildman–Crippen MR) is 50.9 cm³/mol. The summed E-state index contributed by atoms with van der Waals surface area (Å²) in [6.07, 6.45) is 1.88. The zero-order chi connectivity index (χ0) is 10.6. The summed E-state index contributed by atoms with van der Waals surface area (Å²) in [5.74, 6) is -0.868. The molecule has 1 amide bonds. The molecule has 1 fully saturated rings. The first-order chi connectivity index (χ1) is 6.61. The molecule has 1 aliphatic heterocycles. The third-order valence-electron chi connectivity index (χ3n) is 2.40. The van der Waals surface area contributed by atoms with Crippen LogP contribution in [0.25, 0.3) is 0 Å². The lowest BCUT2D eigenvalue weighted by atomic mass is 10.2. The van der Waals surface area contributed by atoms with E-state index in [0.717, 1.165) is 19.4 Å². The highest BCUT2D eigenvalue weighted by molar-refractivity contribution is 5.82. The normalized spacial score (nSPS) is 20.8. The summed E-state index contributed by atoms with van der Waals surface area (Å²) in [6, 6.07) is -0.103. The number of carboxylic acids is 1. The average molecular weight is 200 g/mol. The van der Waals surface area contributed by atoms with Crippen LogP contribution in [0.1, 0.15) is 19.3 Å². The fourth-order valence-electron chi connectivity index (χ4n) is 1.53. The van der Waals surface area contributed by atoms with Crippen LogP contribution in [0, 0.1) is 0 Å². The van der Waals surface area contributed by atoms with Crippen LogP contribution in [0.2, 0.25) is 0 Å². The molecule has 0 aliphatic carbocycles. The van der Waals surface area contributed by atoms with Crippen molar-refractivity contribution in [2.45, 2.75) is 25.3 Å².